The first-order chi connectivity index (χ1) is 8.68. The van der Waals surface area contributed by atoms with Gasteiger partial charge in [-0.1, -0.05) is 67.4 Å². The second-order valence-corrected chi connectivity index (χ2v) is 4.16. The highest BCUT2D eigenvalue weighted by atomic mass is 35.5. The molecule has 0 unspecified atom stereocenters. The van der Waals surface area contributed by atoms with Gasteiger partial charge in [0.1, 0.15) is 0 Å². The molecule has 3 heteroatoms. The summed E-state index contributed by atoms with van der Waals surface area (Å²) in [6.07, 6.45) is 0. The summed E-state index contributed by atoms with van der Waals surface area (Å²) in [6, 6.07) is 13.8. The first-order valence-electron chi connectivity index (χ1n) is 5.73. The van der Waals surface area contributed by atoms with E-state index in [1.165, 1.54) is 0 Å². The monoisotopic (exact) mass is 280 g/mol. The van der Waals surface area contributed by atoms with Gasteiger partial charge >= 0.3 is 0 Å². The number of benzene rings is 2. The molecule has 0 N–H and O–H groups in total. The maximum Gasteiger partial charge on any atom is 0.194 e. The highest BCUT2D eigenvalue weighted by Gasteiger charge is 2.12. The molecule has 0 amide bonds. The van der Waals surface area contributed by atoms with Crippen LogP contribution in [0.3, 0.4) is 0 Å². The van der Waals surface area contributed by atoms with Crippen molar-refractivity contribution in [2.45, 2.75) is 13.8 Å². The molecule has 2 aromatic carbocycles. The Bertz CT molecular complexity index is 521. The number of halogens is 2. The van der Waals surface area contributed by atoms with Crippen LogP contribution in [0.15, 0.2) is 48.5 Å². The molecule has 0 fully saturated rings. The topological polar surface area (TPSA) is 17.1 Å². The minimum absolute atomic E-state index is 0.117. The fourth-order valence-electron chi connectivity index (χ4n) is 1.42. The molecule has 0 saturated heterocycles. The van der Waals surface area contributed by atoms with Gasteiger partial charge in [0, 0.05) is 16.1 Å². The second-order valence-electron chi connectivity index (χ2n) is 3.32. The van der Waals surface area contributed by atoms with E-state index in [0.717, 1.165) is 0 Å². The van der Waals surface area contributed by atoms with Gasteiger partial charge in [0.25, 0.3) is 0 Å². The summed E-state index contributed by atoms with van der Waals surface area (Å²) in [7, 11) is 0. The molecule has 1 nitrogen and oxygen atoms in total. The predicted octanol–water partition coefficient (Wildman–Crippen LogP) is 5.25. The zero-order chi connectivity index (χ0) is 13.5. The van der Waals surface area contributed by atoms with E-state index in [2.05, 4.69) is 0 Å². The van der Waals surface area contributed by atoms with Crippen molar-refractivity contribution < 1.29 is 4.79 Å². The van der Waals surface area contributed by atoms with Crippen LogP contribution < -0.4 is 0 Å². The zero-order valence-corrected chi connectivity index (χ0v) is 11.8. The Balaban J connectivity index is 0.000000771. The SMILES string of the molecule is CC.O=C(c1ccccc1)c1cc(Cl)ccc1Cl. The largest absolute Gasteiger partial charge is 0.289 e. The number of carbonyl (C=O) groups excluding carboxylic acids is 1. The van der Waals surface area contributed by atoms with E-state index in [1.807, 2.05) is 32.0 Å². The Morgan fingerprint density at radius 1 is 0.944 bits per heavy atom. The number of hydrogen-bond acceptors (Lipinski definition) is 1. The van der Waals surface area contributed by atoms with Gasteiger partial charge < -0.3 is 0 Å². The summed E-state index contributed by atoms with van der Waals surface area (Å²) < 4.78 is 0. The minimum Gasteiger partial charge on any atom is -0.289 e. The lowest BCUT2D eigenvalue weighted by Crippen LogP contribution is -2.01. The molecule has 0 aliphatic rings. The van der Waals surface area contributed by atoms with Gasteiger partial charge in [0.15, 0.2) is 5.78 Å². The predicted molar refractivity (Wildman–Crippen MR) is 77.7 cm³/mol. The molecule has 0 saturated carbocycles. The van der Waals surface area contributed by atoms with Gasteiger partial charge in [-0.15, -0.1) is 0 Å². The third-order valence-corrected chi connectivity index (χ3v) is 2.77. The van der Waals surface area contributed by atoms with E-state index in [4.69, 9.17) is 23.2 Å². The van der Waals surface area contributed by atoms with Gasteiger partial charge in [-0.3, -0.25) is 4.79 Å². The summed E-state index contributed by atoms with van der Waals surface area (Å²) in [5.74, 6) is -0.117. The van der Waals surface area contributed by atoms with Crippen LogP contribution in [-0.4, -0.2) is 5.78 Å². The number of rotatable bonds is 2. The molecule has 0 aromatic heterocycles. The Kier molecular flexibility index (Phi) is 5.90. The molecular weight excluding hydrogens is 267 g/mol. The van der Waals surface area contributed by atoms with Crippen molar-refractivity contribution in [1.29, 1.82) is 0 Å². The molecule has 0 spiro atoms. The van der Waals surface area contributed by atoms with Crippen LogP contribution in [0.25, 0.3) is 0 Å². The van der Waals surface area contributed by atoms with Crippen LogP contribution in [0.2, 0.25) is 10.0 Å². The van der Waals surface area contributed by atoms with Gasteiger partial charge in [0.05, 0.1) is 5.02 Å². The van der Waals surface area contributed by atoms with Gasteiger partial charge in [-0.2, -0.15) is 0 Å². The van der Waals surface area contributed by atoms with Crippen molar-refractivity contribution in [3.8, 4) is 0 Å². The summed E-state index contributed by atoms with van der Waals surface area (Å²) in [5.41, 5.74) is 1.03. The van der Waals surface area contributed by atoms with Crippen LogP contribution in [0, 0.1) is 0 Å². The molecule has 0 aliphatic heterocycles. The van der Waals surface area contributed by atoms with Crippen LogP contribution in [-0.2, 0) is 0 Å². The molecule has 0 radical (unpaired) electrons. The molecule has 2 rings (SSSR count). The Labute approximate surface area is 117 Å². The van der Waals surface area contributed by atoms with E-state index >= 15 is 0 Å². The van der Waals surface area contributed by atoms with E-state index in [-0.39, 0.29) is 5.78 Å². The Morgan fingerprint density at radius 3 is 2.17 bits per heavy atom. The molecule has 0 heterocycles. The van der Waals surface area contributed by atoms with Gasteiger partial charge in [-0.25, -0.2) is 0 Å². The number of ketones is 1. The minimum atomic E-state index is -0.117. The van der Waals surface area contributed by atoms with Crippen LogP contribution in [0.4, 0.5) is 0 Å². The highest BCUT2D eigenvalue weighted by Crippen LogP contribution is 2.23. The van der Waals surface area contributed by atoms with Crippen molar-refractivity contribution in [2.24, 2.45) is 0 Å². The van der Waals surface area contributed by atoms with Crippen molar-refractivity contribution in [3.63, 3.8) is 0 Å². The normalized spacial score (nSPS) is 9.33. The molecule has 94 valence electrons. The van der Waals surface area contributed by atoms with E-state index in [1.54, 1.807) is 30.3 Å². The highest BCUT2D eigenvalue weighted by molar-refractivity contribution is 6.36. The fraction of sp³-hybridized carbons (Fsp3) is 0.133. The third kappa shape index (κ3) is 3.59. The van der Waals surface area contributed by atoms with Crippen molar-refractivity contribution in [3.05, 3.63) is 69.7 Å². The first kappa shape index (κ1) is 14.7. The molecule has 18 heavy (non-hydrogen) atoms. The molecular formula is C15H14Cl2O. The summed E-state index contributed by atoms with van der Waals surface area (Å²) in [6.45, 7) is 4.00. The van der Waals surface area contributed by atoms with Gasteiger partial charge in [0.2, 0.25) is 0 Å². The maximum absolute atomic E-state index is 12.1. The average Bonchev–Trinajstić information content (AvgIpc) is 2.44. The summed E-state index contributed by atoms with van der Waals surface area (Å²) in [5, 5.41) is 0.918. The zero-order valence-electron chi connectivity index (χ0n) is 10.3. The smallest absolute Gasteiger partial charge is 0.194 e. The number of carbonyl (C=O) groups is 1. The summed E-state index contributed by atoms with van der Waals surface area (Å²) in [4.78, 5) is 12.1. The Morgan fingerprint density at radius 2 is 1.56 bits per heavy atom. The van der Waals surface area contributed by atoms with Gasteiger partial charge in [-0.05, 0) is 18.2 Å². The average molecular weight is 281 g/mol. The summed E-state index contributed by atoms with van der Waals surface area (Å²) >= 11 is 11.8. The second kappa shape index (κ2) is 7.20. The lowest BCUT2D eigenvalue weighted by Gasteiger charge is -2.03. The number of hydrogen-bond donors (Lipinski definition) is 0. The Hall–Kier alpha value is -1.31. The quantitative estimate of drug-likeness (QED) is 0.687. The van der Waals surface area contributed by atoms with Crippen LogP contribution in [0.5, 0.6) is 0 Å². The van der Waals surface area contributed by atoms with Crippen molar-refractivity contribution >= 4 is 29.0 Å². The molecule has 0 bridgehead atoms. The lowest BCUT2D eigenvalue weighted by atomic mass is 10.0. The first-order valence-corrected chi connectivity index (χ1v) is 6.49. The van der Waals surface area contributed by atoms with Crippen LogP contribution in [0.1, 0.15) is 29.8 Å². The van der Waals surface area contributed by atoms with Crippen molar-refractivity contribution in [1.82, 2.24) is 0 Å². The maximum atomic E-state index is 12.1. The molecule has 0 atom stereocenters. The lowest BCUT2D eigenvalue weighted by molar-refractivity contribution is 0.103. The standard InChI is InChI=1S/C13H8Cl2O.C2H6/c14-10-6-7-12(15)11(8-10)13(16)9-4-2-1-3-5-9;1-2/h1-8H;1-2H3. The fourth-order valence-corrected chi connectivity index (χ4v) is 1.79. The van der Waals surface area contributed by atoms with Crippen molar-refractivity contribution in [2.75, 3.05) is 0 Å². The third-order valence-electron chi connectivity index (χ3n) is 2.21. The van der Waals surface area contributed by atoms with E-state index in [9.17, 15) is 4.79 Å². The van der Waals surface area contributed by atoms with E-state index in [0.29, 0.717) is 21.2 Å². The van der Waals surface area contributed by atoms with Crippen LogP contribution >= 0.6 is 23.2 Å². The molecule has 2 aromatic rings. The van der Waals surface area contributed by atoms with E-state index < -0.39 is 0 Å². The molecule has 0 aliphatic carbocycles.